The molecule has 12 rings (SSSR count). The van der Waals surface area contributed by atoms with E-state index in [2.05, 4.69) is 26.6 Å². The number of ether oxygens (including phenoxy) is 1. The molecule has 0 aliphatic heterocycles. The fourth-order valence-corrected chi connectivity index (χ4v) is 12.3. The maximum absolute atomic E-state index is 13.2. The van der Waals surface area contributed by atoms with Gasteiger partial charge >= 0.3 is 18.5 Å². The first kappa shape index (κ1) is 98.5. The third-order valence-corrected chi connectivity index (χ3v) is 18.1. The van der Waals surface area contributed by atoms with Crippen molar-refractivity contribution in [2.45, 2.75) is 60.1 Å². The summed E-state index contributed by atoms with van der Waals surface area (Å²) in [6.45, 7) is 10.9. The molecule has 36 heteroatoms. The minimum Gasteiger partial charge on any atom is -0.507 e. The van der Waals surface area contributed by atoms with Crippen molar-refractivity contribution in [2.24, 2.45) is 0 Å². The van der Waals surface area contributed by atoms with Crippen molar-refractivity contribution in [3.63, 3.8) is 0 Å². The van der Waals surface area contributed by atoms with E-state index in [4.69, 9.17) is 85.9 Å². The van der Waals surface area contributed by atoms with Gasteiger partial charge < -0.3 is 67.3 Å². The number of phenols is 6. The molecule has 12 N–H and O–H groups in total. The topological polar surface area (TPSA) is 305 Å². The summed E-state index contributed by atoms with van der Waals surface area (Å²) < 4.78 is 134. The third kappa shape index (κ3) is 29.9. The van der Waals surface area contributed by atoms with Crippen LogP contribution in [0.1, 0.15) is 112 Å². The average Bonchev–Trinajstić information content (AvgIpc) is 0.799. The van der Waals surface area contributed by atoms with Crippen LogP contribution in [0.3, 0.4) is 0 Å². The second-order valence-corrected chi connectivity index (χ2v) is 29.7. The van der Waals surface area contributed by atoms with Crippen LogP contribution in [0.2, 0.25) is 35.2 Å². The summed E-state index contributed by atoms with van der Waals surface area (Å²) in [6.07, 6.45) is -14.5. The highest BCUT2D eigenvalue weighted by Crippen LogP contribution is 2.41. The average molecular weight is 1860 g/mol. The van der Waals surface area contributed by atoms with Gasteiger partial charge in [0.05, 0.1) is 68.6 Å². The van der Waals surface area contributed by atoms with Crippen molar-refractivity contribution in [1.82, 2.24) is 0 Å². The van der Waals surface area contributed by atoms with Crippen LogP contribution in [-0.4, -0.2) is 73.2 Å². The molecule has 0 radical (unpaired) electrons. The molecule has 0 aromatic heterocycles. The Labute approximate surface area is 736 Å². The van der Waals surface area contributed by atoms with E-state index in [0.29, 0.717) is 64.7 Å². The van der Waals surface area contributed by atoms with Gasteiger partial charge in [-0.2, -0.15) is 39.5 Å². The molecule has 0 atom stereocenters. The highest BCUT2D eigenvalue weighted by Gasteiger charge is 2.38. The molecule has 6 amide bonds. The number of rotatable bonds is 13. The first-order valence-electron chi connectivity index (χ1n) is 35.5. The zero-order chi connectivity index (χ0) is 92.2. The molecule has 0 aliphatic rings. The lowest BCUT2D eigenvalue weighted by Gasteiger charge is -2.16. The minimum absolute atomic E-state index is 0.00281. The maximum atomic E-state index is 13.2. The zero-order valence-corrected chi connectivity index (χ0v) is 70.5. The van der Waals surface area contributed by atoms with Crippen LogP contribution >= 0.6 is 81.2 Å². The molecule has 0 bridgehead atoms. The smallest absolute Gasteiger partial charge is 0.418 e. The molecule has 12 aromatic rings. The van der Waals surface area contributed by atoms with E-state index >= 15 is 0 Å². The van der Waals surface area contributed by atoms with Gasteiger partial charge in [-0.15, -0.1) is 0 Å². The number of nitrogens with one attached hydrogen (secondary N) is 6. The second-order valence-electron chi connectivity index (χ2n) is 26.6. The molecule has 0 saturated heterocycles. The van der Waals surface area contributed by atoms with E-state index in [1.807, 2.05) is 58.0 Å². The molecular weight excluding hydrogens is 1790 g/mol. The van der Waals surface area contributed by atoms with Crippen LogP contribution in [0.25, 0.3) is 0 Å². The van der Waals surface area contributed by atoms with Crippen LogP contribution in [0.4, 0.5) is 78.0 Å². The molecule has 124 heavy (non-hydrogen) atoms. The summed E-state index contributed by atoms with van der Waals surface area (Å²) in [6, 6.07) is 48.8. The second kappa shape index (κ2) is 43.4. The number of hydrogen-bond donors (Lipinski definition) is 12. The Morgan fingerprint density at radius 1 is 0.274 bits per heavy atom. The zero-order valence-electron chi connectivity index (χ0n) is 65.3. The van der Waals surface area contributed by atoms with E-state index in [1.165, 1.54) is 122 Å². The summed E-state index contributed by atoms with van der Waals surface area (Å²) >= 11 is 40.5. The van der Waals surface area contributed by atoms with Crippen LogP contribution < -0.4 is 36.6 Å². The molecule has 0 saturated carbocycles. The maximum Gasteiger partial charge on any atom is 0.418 e. The number of alkyl halides is 9. The van der Waals surface area contributed by atoms with E-state index in [-0.39, 0.29) is 96.4 Å². The molecule has 19 nitrogen and oxygen atoms in total. The van der Waals surface area contributed by atoms with Gasteiger partial charge in [0.15, 0.2) is 0 Å². The fraction of sp³-hybridized carbons (Fsp3) is 0.114. The minimum atomic E-state index is -5.00. The van der Waals surface area contributed by atoms with Gasteiger partial charge in [0.1, 0.15) is 46.1 Å². The van der Waals surface area contributed by atoms with Crippen LogP contribution in [-0.2, 0) is 18.5 Å². The van der Waals surface area contributed by atoms with Crippen LogP contribution in [0.5, 0.6) is 40.2 Å². The number of halogens is 17. The van der Waals surface area contributed by atoms with Gasteiger partial charge in [-0.1, -0.05) is 98.9 Å². The van der Waals surface area contributed by atoms with Crippen molar-refractivity contribution in [1.29, 1.82) is 0 Å². The lowest BCUT2D eigenvalue weighted by molar-refractivity contribution is -0.140. The number of methoxy groups -OCH3 is 1. The van der Waals surface area contributed by atoms with Gasteiger partial charge in [0, 0.05) is 64.0 Å². The summed E-state index contributed by atoms with van der Waals surface area (Å²) in [5.74, 6) is -5.21. The standard InChI is InChI=1S/C15H8ClF6NO2.C15H11ClF3NO2.C15H14ClNO3.C15H14ClNO2.C14H11Cl2NO2.C14H11ClFNO2/c16-8-2-4-12(24)9(6-8)13(25)23-11-5-7(14(17,18)19)1-3-10(11)15(20,21)22;1-8-2-4-12(11(6-8)15(17,18)19)20-14(22)10-7-9(16)3-5-13(10)21;1-9-5-11(8-12(6-9)20-2)17-15(19)13-7-10(16)3-4-14(13)18;1-9-5-10(2)7-12(6-9)17-15(19)13-8-11(16)3-4-14(13)18;1-8-4-10(16)6-11(5-8)17-14(19)12-7-9(15)2-3-13(12)18;1-8-4-10(16)7-11(5-8)17-14(19)12-6-9(15)2-3-13(12)18/h1-6,24H,(H,23,25);2-7,21H,1H3,(H,20,22);3-8,18H,1-2H3,(H,17,19);3-8,18H,1-2H3,(H,17,19);2*2-7,18H,1H3,(H,17,19). The first-order valence-corrected chi connectivity index (χ1v) is 38.1. The SMILES string of the molecule is COc1cc(C)cc(NC(=O)c2cc(Cl)ccc2O)c1.Cc1cc(C)cc(NC(=O)c2cc(Cl)ccc2O)c1.Cc1cc(Cl)cc(NC(=O)c2cc(Cl)ccc2O)c1.Cc1cc(F)cc(NC(=O)c2cc(Cl)ccc2O)c1.Cc1ccc(NC(=O)c2cc(Cl)ccc2O)c(C(F)(F)F)c1.O=C(Nc1cc(C(F)(F)F)ccc1C(F)(F)F)c1cc(Cl)ccc1O. The van der Waals surface area contributed by atoms with Crippen molar-refractivity contribution in [2.75, 3.05) is 39.0 Å². The molecule has 0 aliphatic carbocycles. The fourth-order valence-electron chi connectivity index (χ4n) is 11.0. The first-order chi connectivity index (χ1) is 57.9. The number of aromatic hydroxyl groups is 6. The Morgan fingerprint density at radius 3 is 0.895 bits per heavy atom. The van der Waals surface area contributed by atoms with Gasteiger partial charge in [-0.3, -0.25) is 28.8 Å². The lowest BCUT2D eigenvalue weighted by Crippen LogP contribution is -2.18. The van der Waals surface area contributed by atoms with Crippen molar-refractivity contribution < 1.29 is 108 Å². The normalized spacial score (nSPS) is 10.8. The van der Waals surface area contributed by atoms with Crippen molar-refractivity contribution >= 4 is 151 Å². The number of phenolic OH excluding ortho intramolecular Hbond substituents is 6. The number of carbonyl (C=O) groups excluding carboxylic acids is 6. The predicted molar refractivity (Wildman–Crippen MR) is 460 cm³/mol. The third-order valence-electron chi connectivity index (χ3n) is 16.5. The molecule has 0 fully saturated rings. The highest BCUT2D eigenvalue weighted by atomic mass is 35.5. The Morgan fingerprint density at radius 2 is 0.573 bits per heavy atom. The number of carbonyl (C=O) groups is 6. The van der Waals surface area contributed by atoms with Crippen LogP contribution in [0, 0.1) is 47.4 Å². The van der Waals surface area contributed by atoms with Crippen molar-refractivity contribution in [3.05, 3.63) is 343 Å². The van der Waals surface area contributed by atoms with Gasteiger partial charge in [-0.25, -0.2) is 4.39 Å². The summed E-state index contributed by atoms with van der Waals surface area (Å²) in [7, 11) is 1.56. The molecule has 0 unspecified atom stereocenters. The molecule has 0 spiro atoms. The van der Waals surface area contributed by atoms with E-state index < -0.39 is 87.6 Å². The summed E-state index contributed by atoms with van der Waals surface area (Å²) in [4.78, 5) is 72.3. The van der Waals surface area contributed by atoms with E-state index in [9.17, 15) is 103 Å². The summed E-state index contributed by atoms with van der Waals surface area (Å²) in [5, 5.41) is 74.5. The van der Waals surface area contributed by atoms with Gasteiger partial charge in [0.2, 0.25) is 0 Å². The predicted octanol–water partition coefficient (Wildman–Crippen LogP) is 25.5. The number of hydrogen-bond acceptors (Lipinski definition) is 13. The molecule has 648 valence electrons. The molecular formula is C88H69Cl7F10N6O13. The Hall–Kier alpha value is -12.6. The number of aryl methyl sites for hydroxylation is 6. The van der Waals surface area contributed by atoms with E-state index in [1.54, 1.807) is 49.7 Å². The summed E-state index contributed by atoms with van der Waals surface area (Å²) in [5.41, 5.74) is 1.75. The molecule has 0 heterocycles. The highest BCUT2D eigenvalue weighted by molar-refractivity contribution is 6.33. The van der Waals surface area contributed by atoms with Gasteiger partial charge in [-0.05, 0) is 270 Å². The number of amides is 6. The van der Waals surface area contributed by atoms with Crippen LogP contribution in [0.15, 0.2) is 218 Å². The Balaban J connectivity index is 0.000000205. The largest absolute Gasteiger partial charge is 0.507 e. The monoisotopic (exact) mass is 1850 g/mol. The lowest BCUT2D eigenvalue weighted by atomic mass is 10.1. The van der Waals surface area contributed by atoms with Crippen molar-refractivity contribution in [3.8, 4) is 40.2 Å². The quantitative estimate of drug-likeness (QED) is 0.0479. The van der Waals surface area contributed by atoms with Gasteiger partial charge in [0.25, 0.3) is 35.4 Å². The number of benzene rings is 12. The van der Waals surface area contributed by atoms with E-state index in [0.717, 1.165) is 46.5 Å². The molecule has 12 aromatic carbocycles. The number of anilines is 6. The Kier molecular flexibility index (Phi) is 34.5. The Bertz CT molecular complexity index is 5660.